The Labute approximate surface area is 180 Å². The summed E-state index contributed by atoms with van der Waals surface area (Å²) in [6.45, 7) is 0. The zero-order valence-corrected chi connectivity index (χ0v) is 16.6. The zero-order chi connectivity index (χ0) is 22.5. The van der Waals surface area contributed by atoms with E-state index in [1.165, 1.54) is 48.5 Å². The average Bonchev–Trinajstić information content (AvgIpc) is 3.11. The second kappa shape index (κ2) is 7.40. The number of benzene rings is 2. The standard InChI is InChI=1S/C19H9Cl2F3N4O3/c20-11-5-1-9(2-6-11)13-16(19(22,23)24)26-27-17(13)25-15(14(21)18(27)29)10-3-7-12(8-4-10)28(30)31/h1-8,25H. The Bertz CT molecular complexity index is 1380. The van der Waals surface area contributed by atoms with E-state index in [9.17, 15) is 28.1 Å². The Balaban J connectivity index is 2.04. The van der Waals surface area contributed by atoms with Gasteiger partial charge in [0.25, 0.3) is 11.2 Å². The van der Waals surface area contributed by atoms with E-state index in [4.69, 9.17) is 23.2 Å². The maximum absolute atomic E-state index is 13.7. The van der Waals surface area contributed by atoms with Gasteiger partial charge < -0.3 is 4.98 Å². The molecule has 12 heteroatoms. The monoisotopic (exact) mass is 468 g/mol. The smallest absolute Gasteiger partial charge is 0.338 e. The first kappa shape index (κ1) is 20.9. The van der Waals surface area contributed by atoms with Crippen molar-refractivity contribution in [1.29, 1.82) is 0 Å². The fourth-order valence-corrected chi connectivity index (χ4v) is 3.45. The van der Waals surface area contributed by atoms with Crippen LogP contribution in [0.5, 0.6) is 0 Å². The summed E-state index contributed by atoms with van der Waals surface area (Å²) in [5.74, 6) is 0. The molecule has 0 atom stereocenters. The van der Waals surface area contributed by atoms with Gasteiger partial charge in [-0.2, -0.15) is 22.8 Å². The predicted octanol–water partition coefficient (Wildman–Crippen LogP) is 5.59. The van der Waals surface area contributed by atoms with Crippen LogP contribution in [0.15, 0.2) is 53.3 Å². The summed E-state index contributed by atoms with van der Waals surface area (Å²) in [6, 6.07) is 10.6. The summed E-state index contributed by atoms with van der Waals surface area (Å²) in [6.07, 6.45) is -4.86. The van der Waals surface area contributed by atoms with Crippen molar-refractivity contribution >= 4 is 34.5 Å². The van der Waals surface area contributed by atoms with Crippen LogP contribution < -0.4 is 5.56 Å². The van der Waals surface area contributed by atoms with Crippen LogP contribution in [0.25, 0.3) is 28.0 Å². The van der Waals surface area contributed by atoms with E-state index in [1.54, 1.807) is 0 Å². The summed E-state index contributed by atoms with van der Waals surface area (Å²) in [5.41, 5.74) is -2.66. The van der Waals surface area contributed by atoms with Crippen molar-refractivity contribution in [3.05, 3.63) is 84.7 Å². The van der Waals surface area contributed by atoms with Gasteiger partial charge in [-0.1, -0.05) is 35.3 Å². The molecule has 0 radical (unpaired) electrons. The molecule has 0 aliphatic carbocycles. The molecule has 7 nitrogen and oxygen atoms in total. The lowest BCUT2D eigenvalue weighted by Crippen LogP contribution is -2.17. The van der Waals surface area contributed by atoms with Crippen molar-refractivity contribution in [2.24, 2.45) is 0 Å². The van der Waals surface area contributed by atoms with Gasteiger partial charge in [0.05, 0.1) is 16.2 Å². The number of nitrogens with zero attached hydrogens (tertiary/aromatic N) is 3. The number of alkyl halides is 3. The van der Waals surface area contributed by atoms with E-state index in [0.29, 0.717) is 9.54 Å². The summed E-state index contributed by atoms with van der Waals surface area (Å²) in [5, 5.41) is 14.2. The molecule has 0 aliphatic heterocycles. The highest BCUT2D eigenvalue weighted by Crippen LogP contribution is 2.39. The van der Waals surface area contributed by atoms with Gasteiger partial charge in [-0.3, -0.25) is 14.9 Å². The van der Waals surface area contributed by atoms with Crippen molar-refractivity contribution in [2.75, 3.05) is 0 Å². The number of halogens is 5. The van der Waals surface area contributed by atoms with Crippen LogP contribution in [0.3, 0.4) is 0 Å². The number of aromatic amines is 1. The third-order valence-electron chi connectivity index (χ3n) is 4.50. The number of aromatic nitrogens is 3. The molecule has 31 heavy (non-hydrogen) atoms. The highest BCUT2D eigenvalue weighted by atomic mass is 35.5. The maximum Gasteiger partial charge on any atom is 0.435 e. The van der Waals surface area contributed by atoms with Crippen molar-refractivity contribution in [3.63, 3.8) is 0 Å². The van der Waals surface area contributed by atoms with Gasteiger partial charge in [0.2, 0.25) is 0 Å². The van der Waals surface area contributed by atoms with Crippen LogP contribution in [0.1, 0.15) is 5.69 Å². The highest BCUT2D eigenvalue weighted by molar-refractivity contribution is 6.33. The van der Waals surface area contributed by atoms with Crippen LogP contribution in [-0.2, 0) is 6.18 Å². The zero-order valence-electron chi connectivity index (χ0n) is 15.1. The van der Waals surface area contributed by atoms with Crippen molar-refractivity contribution in [3.8, 4) is 22.4 Å². The fraction of sp³-hybridized carbons (Fsp3) is 0.0526. The van der Waals surface area contributed by atoms with E-state index in [1.807, 2.05) is 0 Å². The van der Waals surface area contributed by atoms with Crippen LogP contribution >= 0.6 is 23.2 Å². The number of fused-ring (bicyclic) bond motifs is 1. The molecule has 1 N–H and O–H groups in total. The topological polar surface area (TPSA) is 93.3 Å². The molecular weight excluding hydrogens is 460 g/mol. The Morgan fingerprint density at radius 2 is 1.58 bits per heavy atom. The lowest BCUT2D eigenvalue weighted by molar-refractivity contribution is -0.384. The highest BCUT2D eigenvalue weighted by Gasteiger charge is 2.39. The third kappa shape index (κ3) is 3.64. The number of nitrogens with one attached hydrogen (secondary N) is 1. The molecule has 0 spiro atoms. The molecule has 4 rings (SSSR count). The van der Waals surface area contributed by atoms with Gasteiger partial charge in [-0.05, 0) is 29.8 Å². The van der Waals surface area contributed by atoms with Crippen molar-refractivity contribution in [1.82, 2.24) is 14.6 Å². The fourth-order valence-electron chi connectivity index (χ4n) is 3.09. The third-order valence-corrected chi connectivity index (χ3v) is 5.10. The number of hydrogen-bond acceptors (Lipinski definition) is 4. The molecule has 0 saturated carbocycles. The van der Waals surface area contributed by atoms with Crippen molar-refractivity contribution < 1.29 is 18.1 Å². The molecule has 158 valence electrons. The van der Waals surface area contributed by atoms with Crippen molar-refractivity contribution in [2.45, 2.75) is 6.18 Å². The Hall–Kier alpha value is -3.37. The molecule has 2 aromatic heterocycles. The van der Waals surface area contributed by atoms with E-state index >= 15 is 0 Å². The minimum Gasteiger partial charge on any atom is -0.338 e. The summed E-state index contributed by atoms with van der Waals surface area (Å²) in [4.78, 5) is 25.7. The van der Waals surface area contributed by atoms with Gasteiger partial charge in [0, 0.05) is 22.7 Å². The molecular formula is C19H9Cl2F3N4O3. The maximum atomic E-state index is 13.7. The molecule has 2 heterocycles. The normalized spacial score (nSPS) is 11.8. The van der Waals surface area contributed by atoms with Crippen LogP contribution in [-0.4, -0.2) is 19.5 Å². The summed E-state index contributed by atoms with van der Waals surface area (Å²) in [7, 11) is 0. The molecule has 0 amide bonds. The molecule has 0 aliphatic rings. The Kier molecular flexibility index (Phi) is 4.98. The first-order chi connectivity index (χ1) is 14.6. The second-order valence-corrected chi connectivity index (χ2v) is 7.23. The second-order valence-electron chi connectivity index (χ2n) is 6.41. The minimum absolute atomic E-state index is 0.00194. The van der Waals surface area contributed by atoms with E-state index < -0.39 is 27.4 Å². The first-order valence-electron chi connectivity index (χ1n) is 8.50. The van der Waals surface area contributed by atoms with E-state index in [0.717, 1.165) is 0 Å². The number of nitro benzene ring substituents is 1. The summed E-state index contributed by atoms with van der Waals surface area (Å²) < 4.78 is 41.7. The molecule has 4 aromatic rings. The summed E-state index contributed by atoms with van der Waals surface area (Å²) >= 11 is 12.0. The number of hydrogen-bond donors (Lipinski definition) is 1. The Morgan fingerprint density at radius 3 is 2.13 bits per heavy atom. The number of rotatable bonds is 3. The number of non-ortho nitro benzene ring substituents is 1. The van der Waals surface area contributed by atoms with Gasteiger partial charge in [0.1, 0.15) is 10.7 Å². The molecule has 0 unspecified atom stereocenters. The first-order valence-corrected chi connectivity index (χ1v) is 9.26. The van der Waals surface area contributed by atoms with E-state index in [2.05, 4.69) is 10.1 Å². The number of nitro groups is 1. The number of H-pyrrole nitrogens is 1. The van der Waals surface area contributed by atoms with Crippen LogP contribution in [0.2, 0.25) is 10.0 Å². The lowest BCUT2D eigenvalue weighted by Gasteiger charge is -2.08. The largest absolute Gasteiger partial charge is 0.435 e. The minimum atomic E-state index is -4.86. The molecule has 0 fully saturated rings. The van der Waals surface area contributed by atoms with Gasteiger partial charge in [-0.15, -0.1) is 0 Å². The Morgan fingerprint density at radius 1 is 1.00 bits per heavy atom. The van der Waals surface area contributed by atoms with Crippen LogP contribution in [0, 0.1) is 10.1 Å². The molecule has 0 bridgehead atoms. The van der Waals surface area contributed by atoms with Gasteiger partial charge >= 0.3 is 6.18 Å². The van der Waals surface area contributed by atoms with Crippen LogP contribution in [0.4, 0.5) is 18.9 Å². The lowest BCUT2D eigenvalue weighted by atomic mass is 10.1. The molecule has 2 aromatic carbocycles. The molecule has 0 saturated heterocycles. The van der Waals surface area contributed by atoms with E-state index in [-0.39, 0.29) is 33.7 Å². The van der Waals surface area contributed by atoms with Gasteiger partial charge in [-0.25, -0.2) is 0 Å². The van der Waals surface area contributed by atoms with Gasteiger partial charge in [0.15, 0.2) is 5.69 Å². The SMILES string of the molecule is O=c1c(Cl)c(-c2ccc([N+](=O)[O-])cc2)[nH]c2c(-c3ccc(Cl)cc3)c(C(F)(F)F)nn12. The predicted molar refractivity (Wildman–Crippen MR) is 108 cm³/mol. The quantitative estimate of drug-likeness (QED) is 0.313. The average molecular weight is 469 g/mol.